The molecule has 4 heteroatoms. The lowest BCUT2D eigenvalue weighted by Gasteiger charge is -2.08. The minimum atomic E-state index is -0.741. The molecule has 0 radical (unpaired) electrons. The van der Waals surface area contributed by atoms with Crippen molar-refractivity contribution in [2.75, 3.05) is 0 Å². The Labute approximate surface area is 85.6 Å². The maximum atomic E-state index is 9.70. The normalized spacial score (nSPS) is 14.2. The molecule has 0 spiro atoms. The van der Waals surface area contributed by atoms with Crippen molar-refractivity contribution < 1.29 is 20.1 Å². The van der Waals surface area contributed by atoms with Crippen molar-refractivity contribution in [1.29, 1.82) is 0 Å². The van der Waals surface area contributed by atoms with E-state index in [9.17, 15) is 4.79 Å². The molecule has 0 aromatic carbocycles. The van der Waals surface area contributed by atoms with Crippen LogP contribution >= 0.6 is 0 Å². The SMILES string of the molecule is CC(C)C(=O)O.CCC(O)CC(C)O. The lowest BCUT2D eigenvalue weighted by Crippen LogP contribution is -2.13. The summed E-state index contributed by atoms with van der Waals surface area (Å²) >= 11 is 0. The molecule has 0 fully saturated rings. The average molecular weight is 206 g/mol. The number of carboxylic acids is 1. The summed E-state index contributed by atoms with van der Waals surface area (Å²) in [4.78, 5) is 9.70. The van der Waals surface area contributed by atoms with Crippen LogP contribution in [0.5, 0.6) is 0 Å². The van der Waals surface area contributed by atoms with E-state index in [1.165, 1.54) is 0 Å². The van der Waals surface area contributed by atoms with Crippen LogP contribution in [0.25, 0.3) is 0 Å². The molecule has 0 aliphatic heterocycles. The number of rotatable bonds is 4. The number of carboxylic acid groups (broad SMARTS) is 1. The number of hydrogen-bond donors (Lipinski definition) is 3. The first-order valence-corrected chi connectivity index (χ1v) is 4.90. The summed E-state index contributed by atoms with van der Waals surface area (Å²) in [6, 6.07) is 0. The fraction of sp³-hybridized carbons (Fsp3) is 0.900. The fourth-order valence-electron chi connectivity index (χ4n) is 0.560. The van der Waals surface area contributed by atoms with Crippen LogP contribution in [0.4, 0.5) is 0 Å². The van der Waals surface area contributed by atoms with Crippen LogP contribution in [-0.4, -0.2) is 33.5 Å². The first-order chi connectivity index (χ1) is 6.31. The minimum absolute atomic E-state index is 0.231. The van der Waals surface area contributed by atoms with Crippen molar-refractivity contribution in [2.24, 2.45) is 5.92 Å². The molecule has 4 nitrogen and oxygen atoms in total. The van der Waals surface area contributed by atoms with Crippen molar-refractivity contribution in [3.8, 4) is 0 Å². The van der Waals surface area contributed by atoms with Crippen LogP contribution < -0.4 is 0 Å². The highest BCUT2D eigenvalue weighted by molar-refractivity contribution is 5.68. The fourth-order valence-corrected chi connectivity index (χ4v) is 0.560. The van der Waals surface area contributed by atoms with Crippen LogP contribution in [0.1, 0.15) is 40.5 Å². The van der Waals surface area contributed by atoms with Gasteiger partial charge in [-0.15, -0.1) is 0 Å². The Morgan fingerprint density at radius 3 is 1.64 bits per heavy atom. The van der Waals surface area contributed by atoms with Gasteiger partial charge in [0.25, 0.3) is 0 Å². The number of aliphatic carboxylic acids is 1. The molecule has 0 aliphatic carbocycles. The Morgan fingerprint density at radius 1 is 1.21 bits per heavy atom. The molecule has 0 aliphatic rings. The molecule has 14 heavy (non-hydrogen) atoms. The average Bonchev–Trinajstić information content (AvgIpc) is 2.04. The molecule has 0 heterocycles. The monoisotopic (exact) mass is 206 g/mol. The second-order valence-corrected chi connectivity index (χ2v) is 3.64. The quantitative estimate of drug-likeness (QED) is 0.647. The van der Waals surface area contributed by atoms with Crippen LogP contribution in [0.3, 0.4) is 0 Å². The molecule has 2 unspecified atom stereocenters. The van der Waals surface area contributed by atoms with E-state index in [-0.39, 0.29) is 18.1 Å². The molecule has 86 valence electrons. The predicted octanol–water partition coefficient (Wildman–Crippen LogP) is 1.26. The van der Waals surface area contributed by atoms with Crippen LogP contribution in [0, 0.1) is 5.92 Å². The van der Waals surface area contributed by atoms with E-state index in [0.29, 0.717) is 6.42 Å². The Hall–Kier alpha value is -0.610. The molecule has 0 aromatic rings. The largest absolute Gasteiger partial charge is 0.481 e. The van der Waals surface area contributed by atoms with Gasteiger partial charge in [0, 0.05) is 0 Å². The summed E-state index contributed by atoms with van der Waals surface area (Å²) in [5.41, 5.74) is 0. The molecule has 0 amide bonds. The van der Waals surface area contributed by atoms with Gasteiger partial charge in [-0.05, 0) is 19.8 Å². The van der Waals surface area contributed by atoms with Crippen LogP contribution in [-0.2, 0) is 4.79 Å². The van der Waals surface area contributed by atoms with Crippen molar-refractivity contribution in [3.05, 3.63) is 0 Å². The molecule has 2 atom stereocenters. The Kier molecular flexibility index (Phi) is 10.1. The highest BCUT2D eigenvalue weighted by Gasteiger charge is 2.03. The molecule has 0 aromatic heterocycles. The van der Waals surface area contributed by atoms with Crippen molar-refractivity contribution in [2.45, 2.75) is 52.7 Å². The van der Waals surface area contributed by atoms with Crippen molar-refractivity contribution in [1.82, 2.24) is 0 Å². The lowest BCUT2D eigenvalue weighted by atomic mass is 10.1. The Morgan fingerprint density at radius 2 is 1.57 bits per heavy atom. The van der Waals surface area contributed by atoms with Crippen molar-refractivity contribution >= 4 is 5.97 Å². The summed E-state index contributed by atoms with van der Waals surface area (Å²) in [6.45, 7) is 6.86. The van der Waals surface area contributed by atoms with E-state index in [1.54, 1.807) is 20.8 Å². The van der Waals surface area contributed by atoms with Gasteiger partial charge in [-0.2, -0.15) is 0 Å². The van der Waals surface area contributed by atoms with Gasteiger partial charge in [0.05, 0.1) is 18.1 Å². The molecule has 3 N–H and O–H groups in total. The number of carbonyl (C=O) groups is 1. The van der Waals surface area contributed by atoms with Gasteiger partial charge in [0.1, 0.15) is 0 Å². The summed E-state index contributed by atoms with van der Waals surface area (Å²) in [5.74, 6) is -0.972. The third kappa shape index (κ3) is 13.9. The molecular formula is C10H22O4. The van der Waals surface area contributed by atoms with Gasteiger partial charge in [0.2, 0.25) is 0 Å². The molecular weight excluding hydrogens is 184 g/mol. The summed E-state index contributed by atoms with van der Waals surface area (Å²) < 4.78 is 0. The number of aliphatic hydroxyl groups excluding tert-OH is 2. The smallest absolute Gasteiger partial charge is 0.305 e. The van der Waals surface area contributed by atoms with E-state index in [2.05, 4.69) is 0 Å². The van der Waals surface area contributed by atoms with E-state index < -0.39 is 5.97 Å². The van der Waals surface area contributed by atoms with E-state index in [4.69, 9.17) is 15.3 Å². The maximum absolute atomic E-state index is 9.70. The zero-order valence-corrected chi connectivity index (χ0v) is 9.40. The number of hydrogen-bond acceptors (Lipinski definition) is 3. The van der Waals surface area contributed by atoms with Gasteiger partial charge in [-0.1, -0.05) is 20.8 Å². The van der Waals surface area contributed by atoms with Gasteiger partial charge >= 0.3 is 5.97 Å². The second-order valence-electron chi connectivity index (χ2n) is 3.64. The Bertz CT molecular complexity index is 143. The molecule has 0 rings (SSSR count). The van der Waals surface area contributed by atoms with Gasteiger partial charge in [-0.3, -0.25) is 4.79 Å². The molecule has 0 saturated heterocycles. The maximum Gasteiger partial charge on any atom is 0.305 e. The lowest BCUT2D eigenvalue weighted by molar-refractivity contribution is -0.140. The summed E-state index contributed by atoms with van der Waals surface area (Å²) in [7, 11) is 0. The highest BCUT2D eigenvalue weighted by atomic mass is 16.4. The molecule has 0 saturated carbocycles. The van der Waals surface area contributed by atoms with Crippen LogP contribution in [0.15, 0.2) is 0 Å². The summed E-state index contributed by atoms with van der Waals surface area (Å²) in [5, 5.41) is 25.6. The van der Waals surface area contributed by atoms with Gasteiger partial charge in [0.15, 0.2) is 0 Å². The van der Waals surface area contributed by atoms with Crippen LogP contribution in [0.2, 0.25) is 0 Å². The van der Waals surface area contributed by atoms with Gasteiger partial charge in [-0.25, -0.2) is 0 Å². The van der Waals surface area contributed by atoms with E-state index in [1.807, 2.05) is 6.92 Å². The zero-order valence-electron chi connectivity index (χ0n) is 9.40. The first-order valence-electron chi connectivity index (χ1n) is 4.90. The third-order valence-electron chi connectivity index (χ3n) is 1.58. The van der Waals surface area contributed by atoms with Gasteiger partial charge < -0.3 is 15.3 Å². The first kappa shape index (κ1) is 15.8. The zero-order chi connectivity index (χ0) is 11.7. The predicted molar refractivity (Wildman–Crippen MR) is 55.1 cm³/mol. The Balaban J connectivity index is 0. The number of aliphatic hydroxyl groups is 2. The highest BCUT2D eigenvalue weighted by Crippen LogP contribution is 1.99. The second kappa shape index (κ2) is 8.97. The summed E-state index contributed by atoms with van der Waals surface area (Å²) in [6.07, 6.45) is 0.529. The van der Waals surface area contributed by atoms with E-state index >= 15 is 0 Å². The minimum Gasteiger partial charge on any atom is -0.481 e. The van der Waals surface area contributed by atoms with E-state index in [0.717, 1.165) is 6.42 Å². The third-order valence-corrected chi connectivity index (χ3v) is 1.58. The standard InChI is InChI=1S/C6H14O2.C4H8O2/c1-3-6(8)4-5(2)7;1-3(2)4(5)6/h5-8H,3-4H2,1-2H3;3H,1-2H3,(H,5,6). The van der Waals surface area contributed by atoms with Crippen molar-refractivity contribution in [3.63, 3.8) is 0 Å². The molecule has 0 bridgehead atoms. The topological polar surface area (TPSA) is 77.8 Å².